The van der Waals surface area contributed by atoms with Crippen molar-refractivity contribution >= 4 is 11.6 Å². The van der Waals surface area contributed by atoms with Gasteiger partial charge in [-0.15, -0.1) is 0 Å². The van der Waals surface area contributed by atoms with E-state index in [4.69, 9.17) is 26.7 Å². The highest BCUT2D eigenvalue weighted by Crippen LogP contribution is 2.30. The molecule has 1 aromatic heterocycles. The summed E-state index contributed by atoms with van der Waals surface area (Å²) in [6.07, 6.45) is -3.34. The monoisotopic (exact) mass is 346 g/mol. The largest absolute Gasteiger partial charge is 0.508 e. The van der Waals surface area contributed by atoms with Crippen LogP contribution in [0.15, 0.2) is 36.5 Å². The lowest BCUT2D eigenvalue weighted by Gasteiger charge is -2.10. The normalized spacial score (nSPS) is 10.6. The minimum absolute atomic E-state index is 0.0259. The van der Waals surface area contributed by atoms with Gasteiger partial charge in [-0.25, -0.2) is 0 Å². The molecule has 0 bridgehead atoms. The number of nitriles is 1. The SMILES string of the molecule is CCOCn1cc(C#N)cc1C(F)(F)F.Oc1ccc(Cl)cc1. The molecular formula is C15H14ClF3N2O2. The Balaban J connectivity index is 0.000000277. The molecule has 0 radical (unpaired) electrons. The summed E-state index contributed by atoms with van der Waals surface area (Å²) in [7, 11) is 0. The van der Waals surface area contributed by atoms with Gasteiger partial charge in [-0.2, -0.15) is 18.4 Å². The fourth-order valence-electron chi connectivity index (χ4n) is 1.55. The van der Waals surface area contributed by atoms with E-state index in [1.807, 2.05) is 0 Å². The Bertz CT molecular complexity index is 640. The second-order valence-corrected chi connectivity index (χ2v) is 4.73. The van der Waals surface area contributed by atoms with Gasteiger partial charge in [0.2, 0.25) is 0 Å². The zero-order chi connectivity index (χ0) is 17.5. The topological polar surface area (TPSA) is 58.2 Å². The van der Waals surface area contributed by atoms with Gasteiger partial charge in [-0.05, 0) is 37.3 Å². The van der Waals surface area contributed by atoms with Crippen LogP contribution in [0.1, 0.15) is 18.2 Å². The van der Waals surface area contributed by atoms with E-state index in [1.54, 1.807) is 37.3 Å². The number of rotatable bonds is 3. The summed E-state index contributed by atoms with van der Waals surface area (Å²) < 4.78 is 43.1. The van der Waals surface area contributed by atoms with Gasteiger partial charge in [0, 0.05) is 17.8 Å². The van der Waals surface area contributed by atoms with Crippen molar-refractivity contribution in [3.8, 4) is 11.8 Å². The number of phenols is 1. The van der Waals surface area contributed by atoms with Crippen molar-refractivity contribution in [3.05, 3.63) is 52.8 Å². The van der Waals surface area contributed by atoms with Crippen molar-refractivity contribution in [2.75, 3.05) is 6.61 Å². The van der Waals surface area contributed by atoms with Crippen molar-refractivity contribution in [2.45, 2.75) is 19.8 Å². The maximum atomic E-state index is 12.4. The number of aromatic nitrogens is 1. The van der Waals surface area contributed by atoms with Crippen LogP contribution >= 0.6 is 11.6 Å². The Labute approximate surface area is 136 Å². The fourth-order valence-corrected chi connectivity index (χ4v) is 1.67. The molecule has 2 rings (SSSR count). The standard InChI is InChI=1S/C9H9F3N2O.C6H5ClO/c1-2-15-6-14-5-7(4-13)3-8(14)9(10,11)12;7-5-1-3-6(8)4-2-5/h3,5H,2,6H2,1H3;1-4,8H. The molecule has 0 atom stereocenters. The fraction of sp³-hybridized carbons (Fsp3) is 0.267. The molecule has 124 valence electrons. The summed E-state index contributed by atoms with van der Waals surface area (Å²) in [5.74, 6) is 0.245. The number of hydrogen-bond donors (Lipinski definition) is 1. The van der Waals surface area contributed by atoms with Crippen LogP contribution in [0.2, 0.25) is 5.02 Å². The zero-order valence-corrected chi connectivity index (χ0v) is 12.9. The first-order valence-electron chi connectivity index (χ1n) is 6.47. The van der Waals surface area contributed by atoms with Gasteiger partial charge in [0.25, 0.3) is 0 Å². The minimum Gasteiger partial charge on any atom is -0.508 e. The molecule has 0 unspecified atom stereocenters. The molecule has 1 aromatic carbocycles. The number of aromatic hydroxyl groups is 1. The molecule has 0 fully saturated rings. The Morgan fingerprint density at radius 3 is 2.35 bits per heavy atom. The van der Waals surface area contributed by atoms with Crippen molar-refractivity contribution in [3.63, 3.8) is 0 Å². The summed E-state index contributed by atoms with van der Waals surface area (Å²) in [5, 5.41) is 17.8. The highest BCUT2D eigenvalue weighted by Gasteiger charge is 2.34. The van der Waals surface area contributed by atoms with Gasteiger partial charge >= 0.3 is 6.18 Å². The Hall–Kier alpha value is -2.17. The van der Waals surface area contributed by atoms with Crippen LogP contribution in [0.4, 0.5) is 13.2 Å². The average molecular weight is 347 g/mol. The second kappa shape index (κ2) is 8.46. The molecule has 0 saturated carbocycles. The molecule has 4 nitrogen and oxygen atoms in total. The molecule has 0 saturated heterocycles. The molecule has 8 heteroatoms. The first-order chi connectivity index (χ1) is 10.8. The van der Waals surface area contributed by atoms with Gasteiger partial charge in [0.15, 0.2) is 0 Å². The molecule has 0 aliphatic rings. The van der Waals surface area contributed by atoms with Crippen molar-refractivity contribution in [1.82, 2.24) is 4.57 Å². The summed E-state index contributed by atoms with van der Waals surface area (Å²) >= 11 is 5.50. The van der Waals surface area contributed by atoms with Crippen molar-refractivity contribution in [1.29, 1.82) is 5.26 Å². The summed E-state index contributed by atoms with van der Waals surface area (Å²) in [4.78, 5) is 0. The van der Waals surface area contributed by atoms with Crippen LogP contribution in [0.3, 0.4) is 0 Å². The van der Waals surface area contributed by atoms with Crippen molar-refractivity contribution in [2.24, 2.45) is 0 Å². The molecule has 0 aliphatic heterocycles. The number of nitrogens with zero attached hydrogens (tertiary/aromatic N) is 2. The molecule has 23 heavy (non-hydrogen) atoms. The van der Waals surface area contributed by atoms with Crippen LogP contribution in [0.25, 0.3) is 0 Å². The van der Waals surface area contributed by atoms with Crippen molar-refractivity contribution < 1.29 is 23.0 Å². The third-order valence-electron chi connectivity index (χ3n) is 2.58. The van der Waals surface area contributed by atoms with E-state index in [2.05, 4.69) is 0 Å². The maximum absolute atomic E-state index is 12.4. The molecule has 1 N–H and O–H groups in total. The lowest BCUT2D eigenvalue weighted by Crippen LogP contribution is -2.14. The van der Waals surface area contributed by atoms with E-state index in [9.17, 15) is 13.2 Å². The molecule has 1 heterocycles. The molecule has 0 spiro atoms. The number of halogens is 4. The molecular weight excluding hydrogens is 333 g/mol. The molecule has 0 amide bonds. The van der Waals surface area contributed by atoms with E-state index in [-0.39, 0.29) is 18.0 Å². The first kappa shape index (κ1) is 18.9. The summed E-state index contributed by atoms with van der Waals surface area (Å²) in [5.41, 5.74) is -0.894. The van der Waals surface area contributed by atoms with Gasteiger partial charge < -0.3 is 14.4 Å². The third-order valence-corrected chi connectivity index (χ3v) is 2.83. The van der Waals surface area contributed by atoms with Crippen LogP contribution in [0.5, 0.6) is 5.75 Å². The average Bonchev–Trinajstić information content (AvgIpc) is 2.92. The number of alkyl halides is 3. The number of hydrogen-bond acceptors (Lipinski definition) is 3. The summed E-state index contributed by atoms with van der Waals surface area (Å²) in [6.45, 7) is 1.80. The Morgan fingerprint density at radius 2 is 1.91 bits per heavy atom. The quantitative estimate of drug-likeness (QED) is 0.895. The maximum Gasteiger partial charge on any atom is 0.431 e. The van der Waals surface area contributed by atoms with Gasteiger partial charge in [0.05, 0.1) is 5.56 Å². The number of phenolic OH excluding ortho intramolecular Hbond substituents is 1. The highest BCUT2D eigenvalue weighted by molar-refractivity contribution is 6.30. The van der Waals surface area contributed by atoms with E-state index in [0.29, 0.717) is 11.6 Å². The van der Waals surface area contributed by atoms with Gasteiger partial charge in [-0.1, -0.05) is 11.6 Å². The lowest BCUT2D eigenvalue weighted by atomic mass is 10.3. The lowest BCUT2D eigenvalue weighted by molar-refractivity contribution is -0.145. The van der Waals surface area contributed by atoms with E-state index in [0.717, 1.165) is 16.8 Å². The van der Waals surface area contributed by atoms with Crippen LogP contribution in [0, 0.1) is 11.3 Å². The van der Waals surface area contributed by atoms with E-state index in [1.165, 1.54) is 0 Å². The highest BCUT2D eigenvalue weighted by atomic mass is 35.5. The Morgan fingerprint density at radius 1 is 1.30 bits per heavy atom. The van der Waals surface area contributed by atoms with E-state index < -0.39 is 11.9 Å². The number of benzene rings is 1. The molecule has 2 aromatic rings. The van der Waals surface area contributed by atoms with Crippen LogP contribution in [-0.2, 0) is 17.6 Å². The minimum atomic E-state index is -4.47. The van der Waals surface area contributed by atoms with E-state index >= 15 is 0 Å². The number of ether oxygens (including phenoxy) is 1. The first-order valence-corrected chi connectivity index (χ1v) is 6.85. The molecule has 0 aliphatic carbocycles. The third kappa shape index (κ3) is 6.22. The van der Waals surface area contributed by atoms with Gasteiger partial charge in [0.1, 0.15) is 24.2 Å². The predicted octanol–water partition coefficient (Wildman–Crippen LogP) is 4.42. The van der Waals surface area contributed by atoms with Crippen LogP contribution < -0.4 is 0 Å². The Kier molecular flexibility index (Phi) is 6.94. The zero-order valence-electron chi connectivity index (χ0n) is 12.1. The summed E-state index contributed by atoms with van der Waals surface area (Å²) in [6, 6.07) is 8.82. The van der Waals surface area contributed by atoms with Crippen LogP contribution in [-0.4, -0.2) is 16.3 Å². The smallest absolute Gasteiger partial charge is 0.431 e. The predicted molar refractivity (Wildman–Crippen MR) is 78.9 cm³/mol. The van der Waals surface area contributed by atoms with Gasteiger partial charge in [-0.3, -0.25) is 0 Å². The second-order valence-electron chi connectivity index (χ2n) is 4.29.